The van der Waals surface area contributed by atoms with Gasteiger partial charge in [0.15, 0.2) is 0 Å². The van der Waals surface area contributed by atoms with Crippen molar-refractivity contribution in [1.29, 1.82) is 0 Å². The second-order valence-electron chi connectivity index (χ2n) is 7.54. The summed E-state index contributed by atoms with van der Waals surface area (Å²) < 4.78 is 1.86. The van der Waals surface area contributed by atoms with Crippen LogP contribution in [0, 0.1) is 0 Å². The quantitative estimate of drug-likeness (QED) is 0.460. The van der Waals surface area contributed by atoms with E-state index in [0.29, 0.717) is 16.4 Å². The second kappa shape index (κ2) is 9.24. The van der Waals surface area contributed by atoms with E-state index in [1.165, 1.54) is 0 Å². The van der Waals surface area contributed by atoms with Crippen LogP contribution in [0.5, 0.6) is 0 Å². The molecule has 7 heteroatoms. The highest BCUT2D eigenvalue weighted by Crippen LogP contribution is 2.22. The Morgan fingerprint density at radius 3 is 2.50 bits per heavy atom. The Labute approximate surface area is 191 Å². The lowest BCUT2D eigenvalue weighted by Crippen LogP contribution is -2.33. The van der Waals surface area contributed by atoms with Crippen molar-refractivity contribution in [2.75, 3.05) is 11.9 Å². The number of para-hydroxylation sites is 3. The standard InChI is InChI=1S/C25H23ClN4O2/c1-17(27-25(32)18-9-8-10-19(26)15-18)24-28-21-13-6-7-14-22(21)30(24)16-23(31)29(2)20-11-4-3-5-12-20/h3-15,17H,16H2,1-2H3,(H,27,32). The van der Waals surface area contributed by atoms with Gasteiger partial charge in [0.1, 0.15) is 12.4 Å². The van der Waals surface area contributed by atoms with Crippen molar-refractivity contribution in [3.8, 4) is 0 Å². The first-order valence-corrected chi connectivity index (χ1v) is 10.6. The molecule has 6 nitrogen and oxygen atoms in total. The molecule has 0 aliphatic carbocycles. The molecule has 1 atom stereocenters. The lowest BCUT2D eigenvalue weighted by Gasteiger charge is -2.20. The topological polar surface area (TPSA) is 67.2 Å². The van der Waals surface area contributed by atoms with Gasteiger partial charge >= 0.3 is 0 Å². The monoisotopic (exact) mass is 446 g/mol. The third kappa shape index (κ3) is 4.50. The molecule has 0 fully saturated rings. The zero-order chi connectivity index (χ0) is 22.7. The van der Waals surface area contributed by atoms with Gasteiger partial charge in [-0.05, 0) is 49.4 Å². The molecule has 0 aliphatic heterocycles. The molecule has 0 bridgehead atoms. The number of imidazole rings is 1. The van der Waals surface area contributed by atoms with E-state index in [9.17, 15) is 9.59 Å². The smallest absolute Gasteiger partial charge is 0.251 e. The van der Waals surface area contributed by atoms with Crippen molar-refractivity contribution in [2.45, 2.75) is 19.5 Å². The highest BCUT2D eigenvalue weighted by Gasteiger charge is 2.22. The van der Waals surface area contributed by atoms with Crippen LogP contribution in [-0.4, -0.2) is 28.4 Å². The number of halogens is 1. The maximum Gasteiger partial charge on any atom is 0.251 e. The molecule has 0 aliphatic rings. The minimum Gasteiger partial charge on any atom is -0.342 e. The Balaban J connectivity index is 1.62. The molecule has 4 aromatic rings. The molecule has 2 amide bonds. The summed E-state index contributed by atoms with van der Waals surface area (Å²) in [5.74, 6) is 0.261. The molecule has 4 rings (SSSR count). The highest BCUT2D eigenvalue weighted by atomic mass is 35.5. The number of hydrogen-bond donors (Lipinski definition) is 1. The lowest BCUT2D eigenvalue weighted by molar-refractivity contribution is -0.118. The number of nitrogens with one attached hydrogen (secondary N) is 1. The van der Waals surface area contributed by atoms with Gasteiger partial charge < -0.3 is 14.8 Å². The summed E-state index contributed by atoms with van der Waals surface area (Å²) in [5.41, 5.74) is 2.88. The van der Waals surface area contributed by atoms with Gasteiger partial charge in [-0.2, -0.15) is 0 Å². The fraction of sp³-hybridized carbons (Fsp3) is 0.160. The number of anilines is 1. The predicted molar refractivity (Wildman–Crippen MR) is 127 cm³/mol. The summed E-state index contributed by atoms with van der Waals surface area (Å²) in [6, 6.07) is 23.4. The maximum atomic E-state index is 13.1. The number of fused-ring (bicyclic) bond motifs is 1. The van der Waals surface area contributed by atoms with Crippen molar-refractivity contribution >= 4 is 40.1 Å². The zero-order valence-electron chi connectivity index (χ0n) is 17.8. The number of benzene rings is 3. The second-order valence-corrected chi connectivity index (χ2v) is 7.98. The number of rotatable bonds is 6. The van der Waals surface area contributed by atoms with Crippen LogP contribution >= 0.6 is 11.6 Å². The van der Waals surface area contributed by atoms with E-state index in [1.54, 1.807) is 36.2 Å². The fourth-order valence-corrected chi connectivity index (χ4v) is 3.79. The van der Waals surface area contributed by atoms with Gasteiger partial charge in [0.2, 0.25) is 5.91 Å². The van der Waals surface area contributed by atoms with E-state index in [2.05, 4.69) is 5.32 Å². The number of carbonyl (C=O) groups excluding carboxylic acids is 2. The zero-order valence-corrected chi connectivity index (χ0v) is 18.6. The first-order valence-electron chi connectivity index (χ1n) is 10.3. The van der Waals surface area contributed by atoms with Gasteiger partial charge in [0.25, 0.3) is 5.91 Å². The number of aromatic nitrogens is 2. The molecule has 0 saturated heterocycles. The van der Waals surface area contributed by atoms with Crippen LogP contribution in [0.15, 0.2) is 78.9 Å². The molecule has 0 saturated carbocycles. The molecule has 1 N–H and O–H groups in total. The third-order valence-corrected chi connectivity index (χ3v) is 5.55. The summed E-state index contributed by atoms with van der Waals surface area (Å²) in [6.45, 7) is 1.95. The summed E-state index contributed by atoms with van der Waals surface area (Å²) >= 11 is 6.02. The van der Waals surface area contributed by atoms with E-state index in [1.807, 2.05) is 66.1 Å². The summed E-state index contributed by atoms with van der Waals surface area (Å²) in [6.07, 6.45) is 0. The third-order valence-electron chi connectivity index (χ3n) is 5.32. The van der Waals surface area contributed by atoms with Crippen LogP contribution in [-0.2, 0) is 11.3 Å². The maximum absolute atomic E-state index is 13.1. The van der Waals surface area contributed by atoms with E-state index >= 15 is 0 Å². The fourth-order valence-electron chi connectivity index (χ4n) is 3.60. The molecule has 1 unspecified atom stereocenters. The number of nitrogens with zero attached hydrogens (tertiary/aromatic N) is 3. The molecule has 32 heavy (non-hydrogen) atoms. The predicted octanol–water partition coefficient (Wildman–Crippen LogP) is 4.84. The van der Waals surface area contributed by atoms with Crippen molar-refractivity contribution < 1.29 is 9.59 Å². The molecule has 3 aromatic carbocycles. The Bertz CT molecular complexity index is 1270. The van der Waals surface area contributed by atoms with Crippen LogP contribution in [0.4, 0.5) is 5.69 Å². The summed E-state index contributed by atoms with van der Waals surface area (Å²) in [7, 11) is 1.75. The van der Waals surface area contributed by atoms with Crippen LogP contribution in [0.25, 0.3) is 11.0 Å². The van der Waals surface area contributed by atoms with E-state index in [0.717, 1.165) is 16.7 Å². The molecule has 0 radical (unpaired) electrons. The summed E-state index contributed by atoms with van der Waals surface area (Å²) in [4.78, 5) is 32.2. The highest BCUT2D eigenvalue weighted by molar-refractivity contribution is 6.30. The number of likely N-dealkylation sites (N-methyl/N-ethyl adjacent to an activating group) is 1. The van der Waals surface area contributed by atoms with E-state index in [-0.39, 0.29) is 18.4 Å². The lowest BCUT2D eigenvalue weighted by atomic mass is 10.2. The van der Waals surface area contributed by atoms with Crippen LogP contribution < -0.4 is 10.2 Å². The van der Waals surface area contributed by atoms with Crippen LogP contribution in [0.2, 0.25) is 5.02 Å². The van der Waals surface area contributed by atoms with Crippen molar-refractivity contribution in [2.24, 2.45) is 0 Å². The minimum atomic E-state index is -0.427. The van der Waals surface area contributed by atoms with Crippen LogP contribution in [0.1, 0.15) is 29.1 Å². The van der Waals surface area contributed by atoms with Crippen molar-refractivity contribution in [3.63, 3.8) is 0 Å². The van der Waals surface area contributed by atoms with Gasteiger partial charge in [0, 0.05) is 23.3 Å². The molecule has 162 valence electrons. The van der Waals surface area contributed by atoms with Gasteiger partial charge in [0.05, 0.1) is 17.1 Å². The van der Waals surface area contributed by atoms with Gasteiger partial charge in [-0.15, -0.1) is 0 Å². The summed E-state index contributed by atoms with van der Waals surface area (Å²) in [5, 5.41) is 3.46. The van der Waals surface area contributed by atoms with Gasteiger partial charge in [-0.25, -0.2) is 4.98 Å². The molecule has 0 spiro atoms. The molecule has 1 heterocycles. The molecular weight excluding hydrogens is 424 g/mol. The molecule has 1 aromatic heterocycles. The number of carbonyl (C=O) groups is 2. The Morgan fingerprint density at radius 1 is 1.03 bits per heavy atom. The van der Waals surface area contributed by atoms with Crippen molar-refractivity contribution in [1.82, 2.24) is 14.9 Å². The SMILES string of the molecule is CC(NC(=O)c1cccc(Cl)c1)c1nc2ccccc2n1CC(=O)N(C)c1ccccc1. The van der Waals surface area contributed by atoms with Gasteiger partial charge in [-0.3, -0.25) is 9.59 Å². The molecular formula is C25H23ClN4O2. The van der Waals surface area contributed by atoms with Crippen LogP contribution in [0.3, 0.4) is 0 Å². The van der Waals surface area contributed by atoms with Gasteiger partial charge in [-0.1, -0.05) is 48.0 Å². The van der Waals surface area contributed by atoms with Crippen molar-refractivity contribution in [3.05, 3.63) is 95.3 Å². The Morgan fingerprint density at radius 2 is 1.75 bits per heavy atom. The number of hydrogen-bond acceptors (Lipinski definition) is 3. The Kier molecular flexibility index (Phi) is 6.23. The first kappa shape index (κ1) is 21.6. The number of amides is 2. The average molecular weight is 447 g/mol. The Hall–Kier alpha value is -3.64. The van der Waals surface area contributed by atoms with E-state index < -0.39 is 6.04 Å². The largest absolute Gasteiger partial charge is 0.342 e. The van der Waals surface area contributed by atoms with E-state index in [4.69, 9.17) is 16.6 Å². The minimum absolute atomic E-state index is 0.0889. The average Bonchev–Trinajstić information content (AvgIpc) is 3.17. The first-order chi connectivity index (χ1) is 15.4. The normalized spacial score (nSPS) is 11.8.